The lowest BCUT2D eigenvalue weighted by molar-refractivity contribution is 0.100. The van der Waals surface area contributed by atoms with E-state index in [0.717, 1.165) is 40.4 Å². The van der Waals surface area contributed by atoms with Crippen molar-refractivity contribution in [2.45, 2.75) is 42.1 Å². The summed E-state index contributed by atoms with van der Waals surface area (Å²) in [5.74, 6) is -0.288. The van der Waals surface area contributed by atoms with Crippen LogP contribution in [-0.4, -0.2) is 29.8 Å². The van der Waals surface area contributed by atoms with Gasteiger partial charge in [-0.05, 0) is 60.4 Å². The average molecular weight is 394 g/mol. The summed E-state index contributed by atoms with van der Waals surface area (Å²) in [6.07, 6.45) is 4.80. The second-order valence-electron chi connectivity index (χ2n) is 8.00. The third-order valence-electron chi connectivity index (χ3n) is 6.47. The zero-order valence-electron chi connectivity index (χ0n) is 15.4. The van der Waals surface area contributed by atoms with E-state index in [1.165, 1.54) is 0 Å². The van der Waals surface area contributed by atoms with Crippen LogP contribution in [0.4, 0.5) is 0 Å². The summed E-state index contributed by atoms with van der Waals surface area (Å²) < 4.78 is 24.9. The van der Waals surface area contributed by atoms with Gasteiger partial charge in [0.1, 0.15) is 0 Å². The molecule has 2 aliphatic heterocycles. The topological polar surface area (TPSA) is 93.0 Å². The van der Waals surface area contributed by atoms with Gasteiger partial charge in [-0.3, -0.25) is 4.79 Å². The number of benzene rings is 2. The van der Waals surface area contributed by atoms with E-state index in [-0.39, 0.29) is 16.4 Å². The zero-order chi connectivity index (χ0) is 19.5. The SMILES string of the molecule is NC(=O)c1cc(-c2ccccc2)cc2c([C@H]3C[C@H]4CC[C@@H](C3)S4(=O)=O)c[nH]c12. The number of amides is 1. The fraction of sp³-hybridized carbons (Fsp3) is 0.318. The fourth-order valence-electron chi connectivity index (χ4n) is 5.04. The van der Waals surface area contributed by atoms with E-state index >= 15 is 0 Å². The van der Waals surface area contributed by atoms with Crippen LogP contribution in [0, 0.1) is 0 Å². The highest BCUT2D eigenvalue weighted by Gasteiger charge is 2.47. The van der Waals surface area contributed by atoms with E-state index in [2.05, 4.69) is 11.1 Å². The number of aromatic amines is 1. The molecule has 3 aromatic rings. The molecule has 0 aliphatic carbocycles. The number of carbonyl (C=O) groups is 1. The molecule has 0 saturated carbocycles. The van der Waals surface area contributed by atoms with Gasteiger partial charge in [0, 0.05) is 11.6 Å². The highest BCUT2D eigenvalue weighted by Crippen LogP contribution is 2.47. The Bertz CT molecular complexity index is 1160. The van der Waals surface area contributed by atoms with Gasteiger partial charge in [0.25, 0.3) is 5.91 Å². The smallest absolute Gasteiger partial charge is 0.250 e. The van der Waals surface area contributed by atoms with Crippen molar-refractivity contribution in [3.63, 3.8) is 0 Å². The monoisotopic (exact) mass is 394 g/mol. The van der Waals surface area contributed by atoms with Crippen LogP contribution in [0.15, 0.2) is 48.7 Å². The van der Waals surface area contributed by atoms with E-state index < -0.39 is 15.7 Å². The molecule has 2 bridgehead atoms. The van der Waals surface area contributed by atoms with Crippen molar-refractivity contribution in [1.29, 1.82) is 0 Å². The van der Waals surface area contributed by atoms with Gasteiger partial charge in [0.05, 0.1) is 21.6 Å². The van der Waals surface area contributed by atoms with Crippen LogP contribution in [0.2, 0.25) is 0 Å². The first kappa shape index (κ1) is 17.5. The molecule has 3 N–H and O–H groups in total. The number of H-pyrrole nitrogens is 1. The van der Waals surface area contributed by atoms with Crippen LogP contribution in [0.25, 0.3) is 22.0 Å². The van der Waals surface area contributed by atoms with Crippen LogP contribution < -0.4 is 5.73 Å². The first-order valence-corrected chi connectivity index (χ1v) is 11.3. The molecule has 5 rings (SSSR count). The zero-order valence-corrected chi connectivity index (χ0v) is 16.2. The Labute approximate surface area is 163 Å². The molecule has 3 atom stereocenters. The molecule has 1 amide bonds. The van der Waals surface area contributed by atoms with Crippen LogP contribution >= 0.6 is 0 Å². The number of nitrogens with two attached hydrogens (primary N) is 1. The minimum Gasteiger partial charge on any atom is -0.366 e. The molecule has 3 heterocycles. The first-order valence-electron chi connectivity index (χ1n) is 9.68. The molecule has 1 aromatic heterocycles. The third kappa shape index (κ3) is 2.58. The van der Waals surface area contributed by atoms with Crippen molar-refractivity contribution in [1.82, 2.24) is 4.98 Å². The number of hydrogen-bond donors (Lipinski definition) is 2. The number of hydrogen-bond acceptors (Lipinski definition) is 3. The molecule has 28 heavy (non-hydrogen) atoms. The summed E-state index contributed by atoms with van der Waals surface area (Å²) in [6.45, 7) is 0. The van der Waals surface area contributed by atoms with Gasteiger partial charge >= 0.3 is 0 Å². The number of rotatable bonds is 3. The Morgan fingerprint density at radius 2 is 1.68 bits per heavy atom. The standard InChI is InChI=1S/C22H22N2O3S/c23-22(25)19-11-14(13-4-2-1-3-5-13)10-18-20(12-24-21(18)19)15-8-16-6-7-17(9-15)28(16,26)27/h1-5,10-12,15-17,24H,6-9H2,(H2,23,25)/t15-,16+,17-. The van der Waals surface area contributed by atoms with Crippen LogP contribution in [0.3, 0.4) is 0 Å². The second kappa shape index (κ2) is 6.21. The maximum atomic E-state index is 12.5. The minimum absolute atomic E-state index is 0.182. The van der Waals surface area contributed by atoms with Crippen molar-refractivity contribution < 1.29 is 13.2 Å². The molecule has 0 radical (unpaired) electrons. The quantitative estimate of drug-likeness (QED) is 0.708. The predicted octanol–water partition coefficient (Wildman–Crippen LogP) is 3.76. The molecule has 2 aromatic carbocycles. The van der Waals surface area contributed by atoms with Gasteiger partial charge in [-0.15, -0.1) is 0 Å². The molecular formula is C22H22N2O3S. The number of fused-ring (bicyclic) bond motifs is 3. The summed E-state index contributed by atoms with van der Waals surface area (Å²) in [6, 6.07) is 13.8. The maximum absolute atomic E-state index is 12.5. The number of sulfone groups is 1. The largest absolute Gasteiger partial charge is 0.366 e. The fourth-order valence-corrected chi connectivity index (χ4v) is 7.52. The molecule has 5 nitrogen and oxygen atoms in total. The predicted molar refractivity (Wildman–Crippen MR) is 110 cm³/mol. The summed E-state index contributed by atoms with van der Waals surface area (Å²) in [7, 11) is -2.96. The van der Waals surface area contributed by atoms with Crippen molar-refractivity contribution >= 4 is 26.6 Å². The number of nitrogens with one attached hydrogen (secondary N) is 1. The van der Waals surface area contributed by atoms with E-state index in [4.69, 9.17) is 5.73 Å². The lowest BCUT2D eigenvalue weighted by Gasteiger charge is -2.28. The number of primary amides is 1. The average Bonchev–Trinajstić information content (AvgIpc) is 3.12. The summed E-state index contributed by atoms with van der Waals surface area (Å²) in [5.41, 5.74) is 9.93. The third-order valence-corrected chi connectivity index (χ3v) is 9.18. The Kier molecular flexibility index (Phi) is 3.88. The minimum atomic E-state index is -2.96. The normalized spacial score (nSPS) is 25.8. The van der Waals surface area contributed by atoms with Crippen LogP contribution in [0.1, 0.15) is 47.5 Å². The Hall–Kier alpha value is -2.60. The van der Waals surface area contributed by atoms with Crippen molar-refractivity contribution in [2.24, 2.45) is 5.73 Å². The summed E-state index contributed by atoms with van der Waals surface area (Å²) in [4.78, 5) is 15.3. The van der Waals surface area contributed by atoms with Gasteiger partial charge in [-0.25, -0.2) is 8.42 Å². The van der Waals surface area contributed by atoms with Gasteiger partial charge < -0.3 is 10.7 Å². The van der Waals surface area contributed by atoms with Gasteiger partial charge in [0.2, 0.25) is 0 Å². The molecular weight excluding hydrogens is 372 g/mol. The van der Waals surface area contributed by atoms with Crippen molar-refractivity contribution in [2.75, 3.05) is 0 Å². The molecule has 0 spiro atoms. The molecule has 144 valence electrons. The van der Waals surface area contributed by atoms with Crippen LogP contribution in [0.5, 0.6) is 0 Å². The number of carbonyl (C=O) groups excluding carboxylic acids is 1. The highest BCUT2D eigenvalue weighted by molar-refractivity contribution is 7.93. The molecule has 0 unspecified atom stereocenters. The lowest BCUT2D eigenvalue weighted by Crippen LogP contribution is -2.31. The molecule has 2 aliphatic rings. The lowest BCUT2D eigenvalue weighted by atomic mass is 9.89. The maximum Gasteiger partial charge on any atom is 0.250 e. The Morgan fingerprint density at radius 3 is 2.32 bits per heavy atom. The van der Waals surface area contributed by atoms with E-state index in [9.17, 15) is 13.2 Å². The van der Waals surface area contributed by atoms with Crippen molar-refractivity contribution in [3.05, 3.63) is 59.8 Å². The second-order valence-corrected chi connectivity index (χ2v) is 10.5. The molecule has 2 fully saturated rings. The Balaban J connectivity index is 1.65. The van der Waals surface area contributed by atoms with Gasteiger partial charge in [-0.1, -0.05) is 30.3 Å². The Morgan fingerprint density at radius 1 is 1.00 bits per heavy atom. The number of aromatic nitrogens is 1. The summed E-state index contributed by atoms with van der Waals surface area (Å²) >= 11 is 0. The molecule has 6 heteroatoms. The van der Waals surface area contributed by atoms with E-state index in [0.29, 0.717) is 18.4 Å². The summed E-state index contributed by atoms with van der Waals surface area (Å²) in [5, 5.41) is 0.516. The van der Waals surface area contributed by atoms with Crippen molar-refractivity contribution in [3.8, 4) is 11.1 Å². The van der Waals surface area contributed by atoms with E-state index in [1.54, 1.807) is 0 Å². The highest BCUT2D eigenvalue weighted by atomic mass is 32.2. The van der Waals surface area contributed by atoms with Crippen LogP contribution in [-0.2, 0) is 9.84 Å². The van der Waals surface area contributed by atoms with E-state index in [1.807, 2.05) is 42.6 Å². The first-order chi connectivity index (χ1) is 13.4. The molecule has 2 saturated heterocycles. The van der Waals surface area contributed by atoms with Gasteiger partial charge in [-0.2, -0.15) is 0 Å². The van der Waals surface area contributed by atoms with Gasteiger partial charge in [0.15, 0.2) is 9.84 Å².